The van der Waals surface area contributed by atoms with E-state index in [9.17, 15) is 9.59 Å². The van der Waals surface area contributed by atoms with E-state index < -0.39 is 12.0 Å². The first-order valence-electron chi connectivity index (χ1n) is 5.55. The van der Waals surface area contributed by atoms with Crippen molar-refractivity contribution in [2.45, 2.75) is 12.5 Å². The zero-order chi connectivity index (χ0) is 12.4. The van der Waals surface area contributed by atoms with E-state index in [-0.39, 0.29) is 11.6 Å². The molecule has 1 aromatic carbocycles. The summed E-state index contributed by atoms with van der Waals surface area (Å²) < 4.78 is 0. The molecule has 17 heavy (non-hydrogen) atoms. The number of benzene rings is 1. The maximum atomic E-state index is 12.1. The van der Waals surface area contributed by atoms with Gasteiger partial charge in [-0.1, -0.05) is 24.3 Å². The quantitative estimate of drug-likeness (QED) is 0.817. The molecule has 2 rings (SSSR count). The number of rotatable bonds is 4. The fourth-order valence-electron chi connectivity index (χ4n) is 2.19. The number of Topliss-reactive ketones (excluding diaryl/α,β-unsaturated/α-hetero) is 2. The van der Waals surface area contributed by atoms with Gasteiger partial charge < -0.3 is 5.73 Å². The SMILES string of the molecule is CSC[C@H](N)C(=O)C1Cc2ccccc2C1=O. The summed E-state index contributed by atoms with van der Waals surface area (Å²) in [5.41, 5.74) is 7.43. The lowest BCUT2D eigenvalue weighted by Crippen LogP contribution is -2.39. The average Bonchev–Trinajstić information content (AvgIpc) is 2.67. The first kappa shape index (κ1) is 12.3. The molecule has 2 atom stereocenters. The number of hydrogen-bond acceptors (Lipinski definition) is 4. The van der Waals surface area contributed by atoms with Crippen molar-refractivity contribution < 1.29 is 9.59 Å². The fourth-order valence-corrected chi connectivity index (χ4v) is 2.71. The van der Waals surface area contributed by atoms with E-state index in [1.165, 1.54) is 11.8 Å². The summed E-state index contributed by atoms with van der Waals surface area (Å²) in [7, 11) is 0. The molecule has 0 radical (unpaired) electrons. The van der Waals surface area contributed by atoms with Crippen molar-refractivity contribution >= 4 is 23.3 Å². The average molecular weight is 249 g/mol. The summed E-state index contributed by atoms with van der Waals surface area (Å²) in [5.74, 6) is -0.184. The molecule has 90 valence electrons. The van der Waals surface area contributed by atoms with Crippen molar-refractivity contribution in [3.05, 3.63) is 35.4 Å². The molecular formula is C13H15NO2S. The fraction of sp³-hybridized carbons (Fsp3) is 0.385. The first-order valence-corrected chi connectivity index (χ1v) is 6.95. The molecule has 0 aromatic heterocycles. The van der Waals surface area contributed by atoms with Crippen molar-refractivity contribution in [2.24, 2.45) is 11.7 Å². The van der Waals surface area contributed by atoms with Gasteiger partial charge in [0.2, 0.25) is 0 Å². The summed E-state index contributed by atoms with van der Waals surface area (Å²) in [5, 5.41) is 0. The zero-order valence-corrected chi connectivity index (χ0v) is 10.5. The van der Waals surface area contributed by atoms with Gasteiger partial charge in [0.25, 0.3) is 0 Å². The first-order chi connectivity index (χ1) is 8.15. The predicted octanol–water partition coefficient (Wildman–Crippen LogP) is 1.30. The summed E-state index contributed by atoms with van der Waals surface area (Å²) in [6.07, 6.45) is 2.41. The Morgan fingerprint density at radius 1 is 1.53 bits per heavy atom. The smallest absolute Gasteiger partial charge is 0.173 e. The Labute approximate surface area is 105 Å². The van der Waals surface area contributed by atoms with Crippen LogP contribution >= 0.6 is 11.8 Å². The summed E-state index contributed by atoms with van der Waals surface area (Å²) in [6, 6.07) is 6.87. The molecule has 0 fully saturated rings. The van der Waals surface area contributed by atoms with Gasteiger partial charge in [0.05, 0.1) is 12.0 Å². The standard InChI is InChI=1S/C13H15NO2S/c1-17-7-11(14)13(16)10-6-8-4-2-3-5-9(8)12(10)15/h2-5,10-11H,6-7,14H2,1H3/t10?,11-/m0/s1. The number of carbonyl (C=O) groups excluding carboxylic acids is 2. The molecule has 0 saturated heterocycles. The Morgan fingerprint density at radius 3 is 2.88 bits per heavy atom. The molecule has 4 heteroatoms. The van der Waals surface area contributed by atoms with Gasteiger partial charge in [0.1, 0.15) is 0 Å². The van der Waals surface area contributed by atoms with Crippen molar-refractivity contribution in [1.82, 2.24) is 0 Å². The molecule has 3 nitrogen and oxygen atoms in total. The van der Waals surface area contributed by atoms with Gasteiger partial charge in [-0.3, -0.25) is 9.59 Å². The van der Waals surface area contributed by atoms with Crippen molar-refractivity contribution in [1.29, 1.82) is 0 Å². The van der Waals surface area contributed by atoms with Gasteiger partial charge >= 0.3 is 0 Å². The second-order valence-corrected chi connectivity index (χ2v) is 5.15. The minimum absolute atomic E-state index is 0.0675. The molecule has 1 aliphatic carbocycles. The Balaban J connectivity index is 2.17. The van der Waals surface area contributed by atoms with Crippen LogP contribution in [0.3, 0.4) is 0 Å². The highest BCUT2D eigenvalue weighted by Crippen LogP contribution is 2.27. The van der Waals surface area contributed by atoms with Gasteiger partial charge in [-0.05, 0) is 18.2 Å². The Bertz CT molecular complexity index is 458. The minimum Gasteiger partial charge on any atom is -0.321 e. The van der Waals surface area contributed by atoms with Crippen LogP contribution < -0.4 is 5.73 Å². The number of nitrogens with two attached hydrogens (primary N) is 1. The van der Waals surface area contributed by atoms with Crippen LogP contribution in [0.25, 0.3) is 0 Å². The van der Waals surface area contributed by atoms with Crippen LogP contribution in [0.15, 0.2) is 24.3 Å². The number of carbonyl (C=O) groups is 2. The van der Waals surface area contributed by atoms with Crippen LogP contribution in [-0.4, -0.2) is 29.6 Å². The Kier molecular flexibility index (Phi) is 3.64. The molecular weight excluding hydrogens is 234 g/mol. The molecule has 0 aliphatic heterocycles. The van der Waals surface area contributed by atoms with E-state index in [2.05, 4.69) is 0 Å². The summed E-state index contributed by atoms with van der Waals surface area (Å²) >= 11 is 1.52. The maximum absolute atomic E-state index is 12.1. The summed E-state index contributed by atoms with van der Waals surface area (Å²) in [4.78, 5) is 24.1. The molecule has 1 aromatic rings. The van der Waals surface area contributed by atoms with Gasteiger partial charge in [-0.25, -0.2) is 0 Å². The number of fused-ring (bicyclic) bond motifs is 1. The largest absolute Gasteiger partial charge is 0.321 e. The molecule has 0 spiro atoms. The zero-order valence-electron chi connectivity index (χ0n) is 9.68. The minimum atomic E-state index is -0.561. The van der Waals surface area contributed by atoms with Crippen molar-refractivity contribution in [2.75, 3.05) is 12.0 Å². The van der Waals surface area contributed by atoms with Crippen LogP contribution in [0.1, 0.15) is 15.9 Å². The normalized spacial score (nSPS) is 20.1. The molecule has 1 aliphatic rings. The van der Waals surface area contributed by atoms with Crippen LogP contribution in [0, 0.1) is 5.92 Å². The van der Waals surface area contributed by atoms with Crippen LogP contribution in [0.5, 0.6) is 0 Å². The van der Waals surface area contributed by atoms with E-state index in [0.717, 1.165) is 5.56 Å². The highest BCUT2D eigenvalue weighted by atomic mass is 32.2. The molecule has 0 saturated carbocycles. The predicted molar refractivity (Wildman–Crippen MR) is 69.3 cm³/mol. The van der Waals surface area contributed by atoms with Crippen LogP contribution in [-0.2, 0) is 11.2 Å². The van der Waals surface area contributed by atoms with Crippen LogP contribution in [0.4, 0.5) is 0 Å². The monoisotopic (exact) mass is 249 g/mol. The second kappa shape index (κ2) is 5.02. The van der Waals surface area contributed by atoms with E-state index in [1.807, 2.05) is 24.5 Å². The third-order valence-corrected chi connectivity index (χ3v) is 3.77. The van der Waals surface area contributed by atoms with Gasteiger partial charge in [0, 0.05) is 11.3 Å². The van der Waals surface area contributed by atoms with Gasteiger partial charge in [-0.15, -0.1) is 0 Å². The summed E-state index contributed by atoms with van der Waals surface area (Å²) in [6.45, 7) is 0. The highest BCUT2D eigenvalue weighted by Gasteiger charge is 2.37. The molecule has 0 amide bonds. The second-order valence-electron chi connectivity index (χ2n) is 4.24. The maximum Gasteiger partial charge on any atom is 0.173 e. The van der Waals surface area contributed by atoms with Gasteiger partial charge in [0.15, 0.2) is 11.6 Å². The van der Waals surface area contributed by atoms with E-state index in [4.69, 9.17) is 5.73 Å². The van der Waals surface area contributed by atoms with E-state index in [0.29, 0.717) is 17.7 Å². The Hall–Kier alpha value is -1.13. The third-order valence-electron chi connectivity index (χ3n) is 3.08. The number of thioether (sulfide) groups is 1. The Morgan fingerprint density at radius 2 is 2.24 bits per heavy atom. The van der Waals surface area contributed by atoms with Crippen LogP contribution in [0.2, 0.25) is 0 Å². The van der Waals surface area contributed by atoms with E-state index in [1.54, 1.807) is 6.07 Å². The lowest BCUT2D eigenvalue weighted by molar-refractivity contribution is -0.122. The lowest BCUT2D eigenvalue weighted by Gasteiger charge is -2.12. The van der Waals surface area contributed by atoms with Gasteiger partial charge in [-0.2, -0.15) is 11.8 Å². The lowest BCUT2D eigenvalue weighted by atomic mass is 9.95. The van der Waals surface area contributed by atoms with E-state index >= 15 is 0 Å². The highest BCUT2D eigenvalue weighted by molar-refractivity contribution is 7.98. The molecule has 0 bridgehead atoms. The van der Waals surface area contributed by atoms with Crippen molar-refractivity contribution in [3.8, 4) is 0 Å². The molecule has 1 unspecified atom stereocenters. The molecule has 0 heterocycles. The van der Waals surface area contributed by atoms with Crippen molar-refractivity contribution in [3.63, 3.8) is 0 Å². The topological polar surface area (TPSA) is 60.2 Å². The number of ketones is 2. The third kappa shape index (κ3) is 2.28. The molecule has 2 N–H and O–H groups in total. The number of hydrogen-bond donors (Lipinski definition) is 1.